The maximum absolute atomic E-state index is 11.2. The standard InChI is InChI=1S/C19H22O5/c1-13(9-16(21)10-14(2)12-20)7-8-23-17-5-3-15-4-6-19(22)24-18(15)11-17/h3-7,10-11,16,20-21H,8-9,12H2,1-2H3/b13-7+,14-10+/t16-/m0/s1. The van der Waals surface area contributed by atoms with Crippen LogP contribution in [0.1, 0.15) is 20.3 Å². The number of aliphatic hydroxyl groups excluding tert-OH is 2. The molecule has 2 rings (SSSR count). The van der Waals surface area contributed by atoms with Crippen LogP contribution in [0, 0.1) is 0 Å². The van der Waals surface area contributed by atoms with Gasteiger partial charge in [0.1, 0.15) is 17.9 Å². The summed E-state index contributed by atoms with van der Waals surface area (Å²) in [4.78, 5) is 11.2. The molecule has 0 aliphatic rings. The number of benzene rings is 1. The quantitative estimate of drug-likeness (QED) is 0.603. The van der Waals surface area contributed by atoms with Crippen LogP contribution in [0.15, 0.2) is 62.8 Å². The summed E-state index contributed by atoms with van der Waals surface area (Å²) in [5.74, 6) is 0.609. The highest BCUT2D eigenvalue weighted by molar-refractivity contribution is 5.77. The van der Waals surface area contributed by atoms with Crippen LogP contribution in [0.3, 0.4) is 0 Å². The Bertz CT molecular complexity index is 801. The van der Waals surface area contributed by atoms with E-state index < -0.39 is 11.7 Å². The van der Waals surface area contributed by atoms with Crippen molar-refractivity contribution in [2.24, 2.45) is 0 Å². The second-order valence-corrected chi connectivity index (χ2v) is 5.76. The van der Waals surface area contributed by atoms with Gasteiger partial charge in [-0.15, -0.1) is 0 Å². The highest BCUT2D eigenvalue weighted by atomic mass is 16.5. The second-order valence-electron chi connectivity index (χ2n) is 5.76. The fourth-order valence-electron chi connectivity index (χ4n) is 2.26. The van der Waals surface area contributed by atoms with Gasteiger partial charge in [-0.3, -0.25) is 0 Å². The van der Waals surface area contributed by atoms with Crippen LogP contribution < -0.4 is 10.4 Å². The lowest BCUT2D eigenvalue weighted by atomic mass is 10.1. The molecule has 1 atom stereocenters. The zero-order valence-electron chi connectivity index (χ0n) is 13.9. The van der Waals surface area contributed by atoms with Crippen LogP contribution in [0.5, 0.6) is 5.75 Å². The van der Waals surface area contributed by atoms with E-state index in [4.69, 9.17) is 14.3 Å². The predicted octanol–water partition coefficient (Wildman–Crippen LogP) is 2.81. The largest absolute Gasteiger partial charge is 0.489 e. The van der Waals surface area contributed by atoms with Gasteiger partial charge < -0.3 is 19.4 Å². The van der Waals surface area contributed by atoms with Gasteiger partial charge in [-0.25, -0.2) is 4.79 Å². The van der Waals surface area contributed by atoms with E-state index in [1.807, 2.05) is 25.1 Å². The highest BCUT2D eigenvalue weighted by Crippen LogP contribution is 2.19. The van der Waals surface area contributed by atoms with E-state index in [9.17, 15) is 9.90 Å². The highest BCUT2D eigenvalue weighted by Gasteiger charge is 2.03. The van der Waals surface area contributed by atoms with Crippen molar-refractivity contribution in [3.8, 4) is 5.75 Å². The van der Waals surface area contributed by atoms with Gasteiger partial charge in [-0.1, -0.05) is 11.6 Å². The minimum Gasteiger partial charge on any atom is -0.489 e. The minimum absolute atomic E-state index is 0.0545. The van der Waals surface area contributed by atoms with Crippen LogP contribution in [0.25, 0.3) is 11.0 Å². The first kappa shape index (κ1) is 18.0. The fourth-order valence-corrected chi connectivity index (χ4v) is 2.26. The summed E-state index contributed by atoms with van der Waals surface area (Å²) in [6.07, 6.45) is 3.39. The van der Waals surface area contributed by atoms with Crippen molar-refractivity contribution in [2.75, 3.05) is 13.2 Å². The van der Waals surface area contributed by atoms with Gasteiger partial charge in [0.15, 0.2) is 0 Å². The van der Waals surface area contributed by atoms with Crippen molar-refractivity contribution in [3.05, 3.63) is 64.1 Å². The SMILES string of the molecule is C/C(=C\[C@@H](O)C/C(C)=C/COc1ccc2ccc(=O)oc2c1)CO. The van der Waals surface area contributed by atoms with Gasteiger partial charge in [0, 0.05) is 17.5 Å². The van der Waals surface area contributed by atoms with Gasteiger partial charge in [0.2, 0.25) is 0 Å². The molecule has 5 heteroatoms. The van der Waals surface area contributed by atoms with Crippen LogP contribution in [-0.2, 0) is 0 Å². The fraction of sp³-hybridized carbons (Fsp3) is 0.316. The number of ether oxygens (including phenoxy) is 1. The molecular formula is C19H22O5. The molecule has 5 nitrogen and oxygen atoms in total. The molecule has 0 unspecified atom stereocenters. The number of fused-ring (bicyclic) bond motifs is 1. The first-order valence-electron chi connectivity index (χ1n) is 7.76. The summed E-state index contributed by atoms with van der Waals surface area (Å²) >= 11 is 0. The van der Waals surface area contributed by atoms with E-state index >= 15 is 0 Å². The van der Waals surface area contributed by atoms with Crippen molar-refractivity contribution >= 4 is 11.0 Å². The predicted molar refractivity (Wildman–Crippen MR) is 93.2 cm³/mol. The summed E-state index contributed by atoms with van der Waals surface area (Å²) in [5.41, 5.74) is 1.82. The van der Waals surface area contributed by atoms with Gasteiger partial charge >= 0.3 is 5.63 Å². The van der Waals surface area contributed by atoms with Crippen molar-refractivity contribution in [2.45, 2.75) is 26.4 Å². The molecule has 1 aromatic heterocycles. The molecule has 128 valence electrons. The van der Waals surface area contributed by atoms with Crippen molar-refractivity contribution in [3.63, 3.8) is 0 Å². The van der Waals surface area contributed by atoms with Gasteiger partial charge in [-0.05, 0) is 50.1 Å². The van der Waals surface area contributed by atoms with E-state index in [0.29, 0.717) is 24.4 Å². The molecule has 2 N–H and O–H groups in total. The molecule has 0 fully saturated rings. The third kappa shape index (κ3) is 5.37. The maximum Gasteiger partial charge on any atom is 0.336 e. The van der Waals surface area contributed by atoms with Crippen molar-refractivity contribution < 1.29 is 19.4 Å². The van der Waals surface area contributed by atoms with E-state index in [-0.39, 0.29) is 6.61 Å². The van der Waals surface area contributed by atoms with Crippen LogP contribution in [-0.4, -0.2) is 29.5 Å². The molecule has 0 spiro atoms. The lowest BCUT2D eigenvalue weighted by molar-refractivity contribution is 0.220. The molecule has 2 aromatic rings. The number of rotatable bonds is 7. The van der Waals surface area contributed by atoms with E-state index in [1.165, 1.54) is 6.07 Å². The van der Waals surface area contributed by atoms with Crippen LogP contribution >= 0.6 is 0 Å². The summed E-state index contributed by atoms with van der Waals surface area (Å²) in [6, 6.07) is 8.41. The molecule has 0 aliphatic heterocycles. The monoisotopic (exact) mass is 330 g/mol. The summed E-state index contributed by atoms with van der Waals surface area (Å²) in [5, 5.41) is 19.6. The molecule has 0 bridgehead atoms. The van der Waals surface area contributed by atoms with Gasteiger partial charge in [0.25, 0.3) is 0 Å². The van der Waals surface area contributed by atoms with Gasteiger partial charge in [0.05, 0.1) is 12.7 Å². The Kier molecular flexibility index (Phi) is 6.35. The Labute approximate surface area is 140 Å². The maximum atomic E-state index is 11.2. The van der Waals surface area contributed by atoms with Crippen LogP contribution in [0.2, 0.25) is 0 Å². The third-order valence-corrected chi connectivity index (χ3v) is 3.53. The average molecular weight is 330 g/mol. The normalized spacial score (nSPS) is 14.0. The molecule has 0 amide bonds. The first-order chi connectivity index (χ1) is 11.5. The molecule has 1 aromatic carbocycles. The Balaban J connectivity index is 1.94. The van der Waals surface area contributed by atoms with Crippen LogP contribution in [0.4, 0.5) is 0 Å². The molecule has 0 radical (unpaired) electrons. The zero-order chi connectivity index (χ0) is 17.5. The van der Waals surface area contributed by atoms with Gasteiger partial charge in [-0.2, -0.15) is 0 Å². The number of hydrogen-bond acceptors (Lipinski definition) is 5. The summed E-state index contributed by atoms with van der Waals surface area (Å²) < 4.78 is 10.8. The zero-order valence-corrected chi connectivity index (χ0v) is 13.9. The van der Waals surface area contributed by atoms with E-state index in [2.05, 4.69) is 0 Å². The lowest BCUT2D eigenvalue weighted by Crippen LogP contribution is -2.05. The summed E-state index contributed by atoms with van der Waals surface area (Å²) in [6.45, 7) is 3.97. The second kappa shape index (κ2) is 8.47. The Hall–Kier alpha value is -2.37. The lowest BCUT2D eigenvalue weighted by Gasteiger charge is -2.09. The first-order valence-corrected chi connectivity index (χ1v) is 7.76. The molecule has 0 saturated heterocycles. The molecular weight excluding hydrogens is 308 g/mol. The molecule has 0 aliphatic carbocycles. The Morgan fingerprint density at radius 1 is 1.25 bits per heavy atom. The third-order valence-electron chi connectivity index (χ3n) is 3.53. The van der Waals surface area contributed by atoms with Crippen molar-refractivity contribution in [1.82, 2.24) is 0 Å². The number of hydrogen-bond donors (Lipinski definition) is 2. The number of aliphatic hydroxyl groups is 2. The Morgan fingerprint density at radius 2 is 2.00 bits per heavy atom. The average Bonchev–Trinajstić information content (AvgIpc) is 2.54. The Morgan fingerprint density at radius 3 is 2.75 bits per heavy atom. The molecule has 0 saturated carbocycles. The van der Waals surface area contributed by atoms with E-state index in [0.717, 1.165) is 16.5 Å². The summed E-state index contributed by atoms with van der Waals surface area (Å²) in [7, 11) is 0. The minimum atomic E-state index is -0.622. The smallest absolute Gasteiger partial charge is 0.336 e. The topological polar surface area (TPSA) is 79.9 Å². The van der Waals surface area contributed by atoms with E-state index in [1.54, 1.807) is 25.1 Å². The van der Waals surface area contributed by atoms with Crippen molar-refractivity contribution in [1.29, 1.82) is 0 Å². The molecule has 24 heavy (non-hydrogen) atoms. The molecule has 1 heterocycles.